The monoisotopic (exact) mass is 446 g/mol. The van der Waals surface area contributed by atoms with Gasteiger partial charge >= 0.3 is 0 Å². The molecule has 2 saturated carbocycles. The average molecular weight is 447 g/mol. The Morgan fingerprint density at radius 1 is 1.12 bits per heavy atom. The number of carbonyl (C=O) groups is 2. The Bertz CT molecular complexity index is 1040. The van der Waals surface area contributed by atoms with Crippen molar-refractivity contribution in [3.8, 4) is 5.75 Å². The smallest absolute Gasteiger partial charge is 0.261 e. The van der Waals surface area contributed by atoms with E-state index in [0.717, 1.165) is 43.5 Å². The number of benzene rings is 2. The molecule has 2 aliphatic carbocycles. The first-order valence-electron chi connectivity index (χ1n) is 12.5. The quantitative estimate of drug-likeness (QED) is 0.647. The van der Waals surface area contributed by atoms with Gasteiger partial charge in [-0.05, 0) is 80.2 Å². The molecule has 33 heavy (non-hydrogen) atoms. The van der Waals surface area contributed by atoms with Crippen LogP contribution >= 0.6 is 0 Å². The highest BCUT2D eigenvalue weighted by Gasteiger charge is 2.39. The zero-order valence-corrected chi connectivity index (χ0v) is 19.7. The van der Waals surface area contributed by atoms with E-state index in [-0.39, 0.29) is 23.8 Å². The molecule has 0 unspecified atom stereocenters. The maximum Gasteiger partial charge on any atom is 0.261 e. The predicted octanol–water partition coefficient (Wildman–Crippen LogP) is 4.56. The maximum atomic E-state index is 13.2. The molecule has 2 fully saturated rings. The molecule has 174 valence electrons. The molecule has 2 aromatic rings. The summed E-state index contributed by atoms with van der Waals surface area (Å²) in [7, 11) is 0. The Labute approximate surface area is 196 Å². The van der Waals surface area contributed by atoms with Gasteiger partial charge in [-0.25, -0.2) is 0 Å². The van der Waals surface area contributed by atoms with E-state index in [2.05, 4.69) is 53.5 Å². The third-order valence-electron chi connectivity index (χ3n) is 7.12. The molecule has 1 aliphatic heterocycles. The summed E-state index contributed by atoms with van der Waals surface area (Å²) < 4.78 is 6.19. The first-order valence-corrected chi connectivity index (χ1v) is 12.5. The highest BCUT2D eigenvalue weighted by molar-refractivity contribution is 5.82. The molecule has 1 N–H and O–H groups in total. The Balaban J connectivity index is 1.43. The van der Waals surface area contributed by atoms with Crippen LogP contribution in [-0.2, 0) is 16.0 Å². The van der Waals surface area contributed by atoms with Crippen molar-refractivity contribution in [1.82, 2.24) is 10.2 Å². The van der Waals surface area contributed by atoms with E-state index in [1.54, 1.807) is 0 Å². The molecule has 0 aromatic heterocycles. The summed E-state index contributed by atoms with van der Waals surface area (Å²) in [6.45, 7) is 5.55. The van der Waals surface area contributed by atoms with Crippen LogP contribution in [0.15, 0.2) is 42.5 Å². The average Bonchev–Trinajstić information content (AvgIpc) is 3.73. The number of carbonyl (C=O) groups excluding carboxylic acids is 2. The van der Waals surface area contributed by atoms with Gasteiger partial charge in [-0.3, -0.25) is 9.59 Å². The molecular formula is C28H34N2O3. The molecule has 2 amide bonds. The summed E-state index contributed by atoms with van der Waals surface area (Å²) in [5.74, 6) is 1.74. The minimum Gasteiger partial charge on any atom is -0.481 e. The van der Waals surface area contributed by atoms with Crippen LogP contribution in [0.25, 0.3) is 0 Å². The van der Waals surface area contributed by atoms with Crippen molar-refractivity contribution in [2.75, 3.05) is 13.1 Å². The van der Waals surface area contributed by atoms with Crippen LogP contribution in [-0.4, -0.2) is 35.9 Å². The molecule has 5 heteroatoms. The number of fused-ring (bicyclic) bond motifs is 1. The molecule has 2 aromatic carbocycles. The van der Waals surface area contributed by atoms with Crippen molar-refractivity contribution in [3.05, 3.63) is 64.7 Å². The number of rotatable bonds is 8. The standard InChI is InChI=1S/C28H34N2O3/c1-3-25(27(31)29-17-19-7-8-19)33-23-12-11-20-13-14-30(28(32)21-9-10-21)26(24(20)16-23)22-6-4-5-18(2)15-22/h4-6,11-12,15-16,19,21,25-26H,3,7-10,13-14,17H2,1-2H3,(H,29,31)/t25-,26+/m1/s1. The number of hydrogen-bond donors (Lipinski definition) is 1. The largest absolute Gasteiger partial charge is 0.481 e. The van der Waals surface area contributed by atoms with Crippen LogP contribution in [0.4, 0.5) is 0 Å². The van der Waals surface area contributed by atoms with Crippen molar-refractivity contribution < 1.29 is 14.3 Å². The third-order valence-corrected chi connectivity index (χ3v) is 7.12. The van der Waals surface area contributed by atoms with Crippen molar-refractivity contribution >= 4 is 11.8 Å². The second-order valence-electron chi connectivity index (χ2n) is 9.94. The van der Waals surface area contributed by atoms with E-state index in [0.29, 0.717) is 18.1 Å². The first kappa shape index (κ1) is 22.0. The normalized spacial score (nSPS) is 20.7. The summed E-state index contributed by atoms with van der Waals surface area (Å²) in [5.41, 5.74) is 4.69. The van der Waals surface area contributed by atoms with Crippen LogP contribution in [0.3, 0.4) is 0 Å². The third kappa shape index (κ3) is 4.92. The molecule has 2 atom stereocenters. The Kier molecular flexibility index (Phi) is 6.13. The van der Waals surface area contributed by atoms with Crippen molar-refractivity contribution in [3.63, 3.8) is 0 Å². The Hall–Kier alpha value is -2.82. The molecule has 0 bridgehead atoms. The molecule has 1 heterocycles. The van der Waals surface area contributed by atoms with Gasteiger partial charge in [-0.2, -0.15) is 0 Å². The van der Waals surface area contributed by atoms with Crippen LogP contribution < -0.4 is 10.1 Å². The first-order chi connectivity index (χ1) is 16.0. The molecule has 0 saturated heterocycles. The number of nitrogens with one attached hydrogen (secondary N) is 1. The Morgan fingerprint density at radius 2 is 1.94 bits per heavy atom. The number of hydrogen-bond acceptors (Lipinski definition) is 3. The van der Waals surface area contributed by atoms with Crippen LogP contribution in [0, 0.1) is 18.8 Å². The lowest BCUT2D eigenvalue weighted by Crippen LogP contribution is -2.41. The summed E-state index contributed by atoms with van der Waals surface area (Å²) in [6, 6.07) is 14.5. The number of ether oxygens (including phenoxy) is 1. The summed E-state index contributed by atoms with van der Waals surface area (Å²) in [6.07, 6.45) is 5.36. The fourth-order valence-electron chi connectivity index (χ4n) is 4.84. The van der Waals surface area contributed by atoms with Crippen molar-refractivity contribution in [1.29, 1.82) is 0 Å². The summed E-state index contributed by atoms with van der Waals surface area (Å²) in [4.78, 5) is 27.9. The lowest BCUT2D eigenvalue weighted by molar-refractivity contribution is -0.134. The van der Waals surface area contributed by atoms with E-state index in [4.69, 9.17) is 4.74 Å². The van der Waals surface area contributed by atoms with Gasteiger partial charge in [0.2, 0.25) is 5.91 Å². The van der Waals surface area contributed by atoms with Gasteiger partial charge in [0.05, 0.1) is 6.04 Å². The van der Waals surface area contributed by atoms with Gasteiger partial charge in [0.1, 0.15) is 5.75 Å². The van der Waals surface area contributed by atoms with E-state index < -0.39 is 6.10 Å². The fraction of sp³-hybridized carbons (Fsp3) is 0.500. The zero-order chi connectivity index (χ0) is 22.9. The topological polar surface area (TPSA) is 58.6 Å². The number of amides is 2. The molecule has 3 aliphatic rings. The second kappa shape index (κ2) is 9.20. The minimum atomic E-state index is -0.507. The molecule has 5 rings (SSSR count). The van der Waals surface area contributed by atoms with Gasteiger partial charge in [-0.15, -0.1) is 0 Å². The van der Waals surface area contributed by atoms with Gasteiger partial charge < -0.3 is 15.0 Å². The molecule has 5 nitrogen and oxygen atoms in total. The highest BCUT2D eigenvalue weighted by atomic mass is 16.5. The zero-order valence-electron chi connectivity index (χ0n) is 19.7. The fourth-order valence-corrected chi connectivity index (χ4v) is 4.84. The van der Waals surface area contributed by atoms with Crippen molar-refractivity contribution in [2.45, 2.75) is 64.5 Å². The Morgan fingerprint density at radius 3 is 2.64 bits per heavy atom. The maximum absolute atomic E-state index is 13.2. The van der Waals surface area contributed by atoms with Crippen LogP contribution in [0.1, 0.15) is 67.3 Å². The summed E-state index contributed by atoms with van der Waals surface area (Å²) >= 11 is 0. The van der Waals surface area contributed by atoms with Crippen LogP contribution in [0.5, 0.6) is 5.75 Å². The predicted molar refractivity (Wildman–Crippen MR) is 128 cm³/mol. The SMILES string of the molecule is CC[C@@H](Oc1ccc2c(c1)[C@H](c1cccc(C)c1)N(C(=O)C1CC1)CC2)C(=O)NCC1CC1. The lowest BCUT2D eigenvalue weighted by atomic mass is 9.87. The number of nitrogens with zero attached hydrogens (tertiary/aromatic N) is 1. The van der Waals surface area contributed by atoms with Crippen LogP contribution in [0.2, 0.25) is 0 Å². The lowest BCUT2D eigenvalue weighted by Gasteiger charge is -2.38. The van der Waals surface area contributed by atoms with E-state index in [1.807, 2.05) is 13.0 Å². The second-order valence-corrected chi connectivity index (χ2v) is 9.94. The van der Waals surface area contributed by atoms with Gasteiger partial charge in [-0.1, -0.05) is 42.8 Å². The van der Waals surface area contributed by atoms with Crippen molar-refractivity contribution in [2.24, 2.45) is 11.8 Å². The van der Waals surface area contributed by atoms with E-state index >= 15 is 0 Å². The molecular weight excluding hydrogens is 412 g/mol. The number of aryl methyl sites for hydroxylation is 1. The summed E-state index contributed by atoms with van der Waals surface area (Å²) in [5, 5.41) is 3.04. The van der Waals surface area contributed by atoms with Gasteiger partial charge in [0.15, 0.2) is 6.10 Å². The minimum absolute atomic E-state index is 0.0390. The highest BCUT2D eigenvalue weighted by Crippen LogP contribution is 2.41. The van der Waals surface area contributed by atoms with Gasteiger partial charge in [0.25, 0.3) is 5.91 Å². The molecule has 0 radical (unpaired) electrons. The molecule has 0 spiro atoms. The van der Waals surface area contributed by atoms with Gasteiger partial charge in [0, 0.05) is 19.0 Å². The van der Waals surface area contributed by atoms with E-state index in [9.17, 15) is 9.59 Å². The van der Waals surface area contributed by atoms with E-state index in [1.165, 1.54) is 24.0 Å².